The van der Waals surface area contributed by atoms with Crippen molar-refractivity contribution in [3.63, 3.8) is 0 Å². The summed E-state index contributed by atoms with van der Waals surface area (Å²) in [5.74, 6) is -0.523. The monoisotopic (exact) mass is 1350 g/mol. The van der Waals surface area contributed by atoms with Crippen LogP contribution in [-0.4, -0.2) is 96.7 Å². The topological polar surface area (TPSA) is 237 Å². The lowest BCUT2D eigenvalue weighted by Gasteiger charge is -2.21. The maximum Gasteiger partial charge on any atom is 0.472 e. The molecule has 0 spiro atoms. The Morgan fingerprint density at radius 1 is 0.293 bits per heavy atom. The Kier molecular flexibility index (Phi) is 63.7. The summed E-state index contributed by atoms with van der Waals surface area (Å²) < 4.78 is 68.2. The quantitative estimate of drug-likeness (QED) is 0.0222. The molecule has 0 aromatic rings. The first-order chi connectivity index (χ1) is 44.4. The minimum atomic E-state index is -4.95. The number of phosphoric ester groups is 2. The van der Waals surface area contributed by atoms with E-state index in [2.05, 4.69) is 41.5 Å². The Balaban J connectivity index is 5.14. The summed E-state index contributed by atoms with van der Waals surface area (Å²) in [5.41, 5.74) is 0. The lowest BCUT2D eigenvalue weighted by atomic mass is 10.0. The van der Waals surface area contributed by atoms with Crippen LogP contribution in [0.15, 0.2) is 0 Å². The summed E-state index contributed by atoms with van der Waals surface area (Å²) in [6, 6.07) is 0. The van der Waals surface area contributed by atoms with Crippen LogP contribution < -0.4 is 0 Å². The van der Waals surface area contributed by atoms with Crippen molar-refractivity contribution in [2.45, 2.75) is 394 Å². The van der Waals surface area contributed by atoms with Crippen molar-refractivity contribution in [2.75, 3.05) is 39.6 Å². The smallest absolute Gasteiger partial charge is 0.462 e. The number of aliphatic hydroxyl groups is 1. The summed E-state index contributed by atoms with van der Waals surface area (Å²) in [6.07, 6.45) is 51.6. The molecule has 0 aromatic carbocycles. The molecule has 546 valence electrons. The average Bonchev–Trinajstić information content (AvgIpc) is 3.47. The number of phosphoric acid groups is 2. The van der Waals surface area contributed by atoms with Gasteiger partial charge in [0.2, 0.25) is 0 Å². The Labute approximate surface area is 562 Å². The predicted octanol–water partition coefficient (Wildman–Crippen LogP) is 21.2. The van der Waals surface area contributed by atoms with Gasteiger partial charge in [0.15, 0.2) is 12.2 Å². The second-order valence-electron chi connectivity index (χ2n) is 27.3. The van der Waals surface area contributed by atoms with E-state index in [1.165, 1.54) is 180 Å². The second kappa shape index (κ2) is 65.0. The minimum absolute atomic E-state index is 0.105. The molecule has 0 heterocycles. The fourth-order valence-corrected chi connectivity index (χ4v) is 12.7. The Bertz CT molecular complexity index is 1790. The molecule has 0 saturated heterocycles. The fraction of sp³-hybridized carbons (Fsp3) is 0.945. The molecule has 0 amide bonds. The Morgan fingerprint density at radius 3 is 0.739 bits per heavy atom. The molecule has 0 radical (unpaired) electrons. The number of ether oxygens (including phenoxy) is 4. The highest BCUT2D eigenvalue weighted by molar-refractivity contribution is 7.47. The van der Waals surface area contributed by atoms with E-state index >= 15 is 0 Å². The maximum atomic E-state index is 13.1. The van der Waals surface area contributed by atoms with Crippen molar-refractivity contribution >= 4 is 39.5 Å². The third kappa shape index (κ3) is 66.7. The molecule has 0 aliphatic carbocycles. The van der Waals surface area contributed by atoms with Crippen LogP contribution in [0.25, 0.3) is 0 Å². The van der Waals surface area contributed by atoms with Gasteiger partial charge in [-0.05, 0) is 37.5 Å². The Hall–Kier alpha value is -1.94. The molecular weight excluding hydrogens is 1210 g/mol. The molecule has 0 aliphatic heterocycles. The first kappa shape index (κ1) is 90.1. The molecule has 2 unspecified atom stereocenters. The summed E-state index contributed by atoms with van der Waals surface area (Å²) in [6.45, 7) is 9.56. The van der Waals surface area contributed by atoms with Crippen molar-refractivity contribution in [3.8, 4) is 0 Å². The van der Waals surface area contributed by atoms with Crippen LogP contribution >= 0.6 is 15.6 Å². The average molecular weight is 1350 g/mol. The van der Waals surface area contributed by atoms with Crippen molar-refractivity contribution in [2.24, 2.45) is 11.8 Å². The molecule has 0 aromatic heterocycles. The summed E-state index contributed by atoms with van der Waals surface area (Å²) >= 11 is 0. The molecule has 0 bridgehead atoms. The lowest BCUT2D eigenvalue weighted by Crippen LogP contribution is -2.30. The van der Waals surface area contributed by atoms with Gasteiger partial charge in [0, 0.05) is 25.7 Å². The number of rotatable bonds is 72. The maximum absolute atomic E-state index is 13.1. The van der Waals surface area contributed by atoms with Crippen LogP contribution in [0.5, 0.6) is 0 Å². The van der Waals surface area contributed by atoms with Gasteiger partial charge in [0.05, 0.1) is 26.4 Å². The predicted molar refractivity (Wildman–Crippen MR) is 372 cm³/mol. The number of unbranched alkanes of at least 4 members (excludes halogenated alkanes) is 42. The van der Waals surface area contributed by atoms with E-state index in [1.54, 1.807) is 0 Å². The first-order valence-corrected chi connectivity index (χ1v) is 41.0. The van der Waals surface area contributed by atoms with Crippen molar-refractivity contribution in [3.05, 3.63) is 0 Å². The van der Waals surface area contributed by atoms with Gasteiger partial charge in [-0.1, -0.05) is 324 Å². The van der Waals surface area contributed by atoms with Crippen LogP contribution in [0.2, 0.25) is 0 Å². The van der Waals surface area contributed by atoms with Gasteiger partial charge in [-0.2, -0.15) is 0 Å². The zero-order valence-electron chi connectivity index (χ0n) is 59.9. The Morgan fingerprint density at radius 2 is 0.500 bits per heavy atom. The highest BCUT2D eigenvalue weighted by atomic mass is 31.2. The van der Waals surface area contributed by atoms with Crippen molar-refractivity contribution in [1.82, 2.24) is 0 Å². The van der Waals surface area contributed by atoms with E-state index in [0.717, 1.165) is 115 Å². The van der Waals surface area contributed by atoms with E-state index in [9.17, 15) is 43.2 Å². The molecule has 17 nitrogen and oxygen atoms in total. The normalized spacial score (nSPS) is 14.1. The van der Waals surface area contributed by atoms with Gasteiger partial charge in [-0.3, -0.25) is 37.3 Å². The number of esters is 4. The van der Waals surface area contributed by atoms with Gasteiger partial charge >= 0.3 is 39.5 Å². The van der Waals surface area contributed by atoms with Crippen molar-refractivity contribution in [1.29, 1.82) is 0 Å². The zero-order chi connectivity index (χ0) is 67.9. The molecular formula is C73H142O17P2. The van der Waals surface area contributed by atoms with Gasteiger partial charge in [0.25, 0.3) is 0 Å². The molecule has 0 saturated carbocycles. The van der Waals surface area contributed by atoms with Gasteiger partial charge < -0.3 is 33.8 Å². The molecule has 5 atom stereocenters. The largest absolute Gasteiger partial charge is 0.472 e. The van der Waals surface area contributed by atoms with Crippen LogP contribution in [0.4, 0.5) is 0 Å². The lowest BCUT2D eigenvalue weighted by molar-refractivity contribution is -0.161. The third-order valence-electron chi connectivity index (χ3n) is 17.0. The standard InChI is InChI=1S/C73H142O17P2/c1-7-9-11-13-15-37-43-49-55-70(75)83-61-68(89-72(77)57-51-45-38-16-14-12-10-8-2)63-87-91(79,80)85-59-67(74)60-86-92(81,82)88-64-69(62-84-71(76)56-50-44-39-33-29-26-25-28-32-36-42-48-54-66(5)6)90-73(78)58-52-46-40-34-30-24-22-20-18-17-19-21-23-27-31-35-41-47-53-65(3)4/h65-69,74H,7-64H2,1-6H3,(H,79,80)(H,81,82)/t67-,68+,69+/m0/s1. The van der Waals surface area contributed by atoms with E-state index in [0.29, 0.717) is 25.7 Å². The molecule has 0 aliphatic rings. The van der Waals surface area contributed by atoms with Crippen LogP contribution in [0.1, 0.15) is 375 Å². The number of carbonyl (C=O) groups is 4. The first-order valence-electron chi connectivity index (χ1n) is 38.0. The molecule has 19 heteroatoms. The van der Waals surface area contributed by atoms with Gasteiger partial charge in [0.1, 0.15) is 19.3 Å². The number of carbonyl (C=O) groups excluding carboxylic acids is 4. The van der Waals surface area contributed by atoms with E-state index < -0.39 is 97.5 Å². The molecule has 92 heavy (non-hydrogen) atoms. The number of hydrogen-bond donors (Lipinski definition) is 3. The highest BCUT2D eigenvalue weighted by Crippen LogP contribution is 2.45. The summed E-state index contributed by atoms with van der Waals surface area (Å²) in [7, 11) is -9.90. The molecule has 0 rings (SSSR count). The second-order valence-corrected chi connectivity index (χ2v) is 30.2. The van der Waals surface area contributed by atoms with Crippen LogP contribution in [0.3, 0.4) is 0 Å². The molecule has 0 fully saturated rings. The number of hydrogen-bond acceptors (Lipinski definition) is 15. The minimum Gasteiger partial charge on any atom is -0.462 e. The van der Waals surface area contributed by atoms with E-state index in [-0.39, 0.29) is 25.7 Å². The van der Waals surface area contributed by atoms with Crippen LogP contribution in [-0.2, 0) is 65.4 Å². The SMILES string of the molecule is CCCCCCCCCCC(=O)OC[C@H](COP(=O)(O)OC[C@H](O)COP(=O)(O)OC[C@@H](COC(=O)CCCCCCCCCCCCCCC(C)C)OC(=O)CCCCCCCCCCCCCCCCCCCCC(C)C)OC(=O)CCCCCCCCCC. The summed E-state index contributed by atoms with van der Waals surface area (Å²) in [4.78, 5) is 72.4. The van der Waals surface area contributed by atoms with Crippen LogP contribution in [0, 0.1) is 11.8 Å². The fourth-order valence-electron chi connectivity index (χ4n) is 11.1. The zero-order valence-corrected chi connectivity index (χ0v) is 61.6. The van der Waals surface area contributed by atoms with Gasteiger partial charge in [-0.25, -0.2) is 9.13 Å². The van der Waals surface area contributed by atoms with Crippen molar-refractivity contribution < 1.29 is 80.2 Å². The van der Waals surface area contributed by atoms with E-state index in [1.807, 2.05) is 0 Å². The third-order valence-corrected chi connectivity index (χ3v) is 18.9. The van der Waals surface area contributed by atoms with E-state index in [4.69, 9.17) is 37.0 Å². The van der Waals surface area contributed by atoms with Gasteiger partial charge in [-0.15, -0.1) is 0 Å². The highest BCUT2D eigenvalue weighted by Gasteiger charge is 2.30. The number of aliphatic hydroxyl groups excluding tert-OH is 1. The summed E-state index contributed by atoms with van der Waals surface area (Å²) in [5, 5.41) is 10.6. The molecule has 3 N–H and O–H groups in total.